The molecule has 2 aromatic carbocycles. The molecule has 0 saturated heterocycles. The second-order valence-electron chi connectivity index (χ2n) is 8.32. The number of carbonyl (C=O) groups is 2. The normalized spacial score (nSPS) is 14.8. The van der Waals surface area contributed by atoms with E-state index in [2.05, 4.69) is 0 Å². The van der Waals surface area contributed by atoms with E-state index in [4.69, 9.17) is 4.42 Å². The van der Waals surface area contributed by atoms with Gasteiger partial charge in [0.1, 0.15) is 11.3 Å². The van der Waals surface area contributed by atoms with Gasteiger partial charge in [-0.2, -0.15) is 0 Å². The fraction of sp³-hybridized carbons (Fsp3) is 0.385. The molecule has 1 aliphatic rings. The van der Waals surface area contributed by atoms with Crippen molar-refractivity contribution in [2.45, 2.75) is 57.8 Å². The van der Waals surface area contributed by atoms with Gasteiger partial charge in [0.2, 0.25) is 0 Å². The summed E-state index contributed by atoms with van der Waals surface area (Å²) in [5.41, 5.74) is 3.77. The standard InChI is InChI=1S/C26H28O4/c27-23(16-20(26(28)29)11-7-10-18-8-3-1-4-9-18)19-14-15-22-21-12-5-2-6-13-24(21)30-25(22)17-19/h1,3-4,8-9,14-15,17,20H,2,5-7,10-13,16H2,(H,28,29)/t20-/m0/s1. The third-order valence-electron chi connectivity index (χ3n) is 6.17. The molecule has 0 amide bonds. The molecule has 0 aliphatic heterocycles. The van der Waals surface area contributed by atoms with Gasteiger partial charge in [-0.15, -0.1) is 0 Å². The summed E-state index contributed by atoms with van der Waals surface area (Å²) in [6.45, 7) is 0. The van der Waals surface area contributed by atoms with E-state index in [0.29, 0.717) is 12.0 Å². The second-order valence-corrected chi connectivity index (χ2v) is 8.32. The zero-order chi connectivity index (χ0) is 20.9. The Bertz CT molecular complexity index is 1030. The van der Waals surface area contributed by atoms with Crippen molar-refractivity contribution >= 4 is 22.7 Å². The summed E-state index contributed by atoms with van der Waals surface area (Å²) in [6, 6.07) is 15.6. The van der Waals surface area contributed by atoms with Gasteiger partial charge in [-0.25, -0.2) is 0 Å². The molecule has 0 fully saturated rings. The Hall–Kier alpha value is -2.88. The Morgan fingerprint density at radius 1 is 1.00 bits per heavy atom. The van der Waals surface area contributed by atoms with Crippen molar-refractivity contribution in [1.29, 1.82) is 0 Å². The Kier molecular flexibility index (Phi) is 6.32. The summed E-state index contributed by atoms with van der Waals surface area (Å²) in [4.78, 5) is 24.5. The Morgan fingerprint density at radius 3 is 2.60 bits per heavy atom. The maximum Gasteiger partial charge on any atom is 0.306 e. The van der Waals surface area contributed by atoms with Crippen LogP contribution in [0, 0.1) is 5.92 Å². The van der Waals surface area contributed by atoms with Crippen LogP contribution in [-0.4, -0.2) is 16.9 Å². The summed E-state index contributed by atoms with van der Waals surface area (Å²) >= 11 is 0. The highest BCUT2D eigenvalue weighted by Crippen LogP contribution is 2.32. The van der Waals surface area contributed by atoms with Crippen LogP contribution in [0.15, 0.2) is 52.9 Å². The SMILES string of the molecule is O=C(C[C@H](CCCc1ccccc1)C(=O)O)c1ccc2c3c(oc2c1)CCCCC3. The van der Waals surface area contributed by atoms with Gasteiger partial charge < -0.3 is 9.52 Å². The van der Waals surface area contributed by atoms with Crippen molar-refractivity contribution in [2.24, 2.45) is 5.92 Å². The molecule has 1 atom stereocenters. The van der Waals surface area contributed by atoms with E-state index in [1.54, 1.807) is 6.07 Å². The van der Waals surface area contributed by atoms with E-state index in [1.807, 2.05) is 42.5 Å². The number of benzene rings is 2. The molecule has 30 heavy (non-hydrogen) atoms. The van der Waals surface area contributed by atoms with E-state index in [0.717, 1.165) is 48.8 Å². The molecule has 0 bridgehead atoms. The van der Waals surface area contributed by atoms with Gasteiger partial charge >= 0.3 is 5.97 Å². The number of aryl methyl sites for hydroxylation is 3. The molecule has 0 saturated carbocycles. The quantitative estimate of drug-likeness (QED) is 0.369. The third kappa shape index (κ3) is 4.64. The van der Waals surface area contributed by atoms with Gasteiger partial charge in [0.25, 0.3) is 0 Å². The summed E-state index contributed by atoms with van der Waals surface area (Å²) in [7, 11) is 0. The van der Waals surface area contributed by atoms with Gasteiger partial charge in [0, 0.05) is 29.4 Å². The first kappa shape index (κ1) is 20.4. The summed E-state index contributed by atoms with van der Waals surface area (Å²) < 4.78 is 6.06. The Labute approximate surface area is 176 Å². The number of carboxylic acids is 1. The maximum atomic E-state index is 12.8. The van der Waals surface area contributed by atoms with Gasteiger partial charge in [-0.05, 0) is 50.2 Å². The molecule has 0 unspecified atom stereocenters. The first-order valence-corrected chi connectivity index (χ1v) is 11.0. The first-order chi connectivity index (χ1) is 14.6. The number of hydrogen-bond acceptors (Lipinski definition) is 3. The second kappa shape index (κ2) is 9.29. The van der Waals surface area contributed by atoms with E-state index in [1.165, 1.54) is 24.0 Å². The van der Waals surface area contributed by atoms with Gasteiger partial charge in [-0.1, -0.05) is 48.9 Å². The molecule has 3 aromatic rings. The van der Waals surface area contributed by atoms with Crippen LogP contribution >= 0.6 is 0 Å². The van der Waals surface area contributed by atoms with E-state index < -0.39 is 11.9 Å². The average Bonchev–Trinajstić information content (AvgIpc) is 2.93. The van der Waals surface area contributed by atoms with Crippen LogP contribution in [0.1, 0.15) is 65.8 Å². The average molecular weight is 405 g/mol. The Morgan fingerprint density at radius 2 is 1.80 bits per heavy atom. The fourth-order valence-corrected chi connectivity index (χ4v) is 4.47. The molecule has 4 rings (SSSR count). The van der Waals surface area contributed by atoms with Crippen molar-refractivity contribution in [3.63, 3.8) is 0 Å². The van der Waals surface area contributed by atoms with Crippen molar-refractivity contribution in [3.05, 3.63) is 71.0 Å². The lowest BCUT2D eigenvalue weighted by molar-refractivity contribution is -0.141. The Balaban J connectivity index is 1.43. The van der Waals surface area contributed by atoms with Crippen LogP contribution in [0.25, 0.3) is 11.0 Å². The number of rotatable bonds is 8. The summed E-state index contributed by atoms with van der Waals surface area (Å²) in [6.07, 6.45) is 7.61. The molecule has 4 nitrogen and oxygen atoms in total. The topological polar surface area (TPSA) is 67.5 Å². The molecule has 1 aromatic heterocycles. The molecule has 0 radical (unpaired) electrons. The predicted octanol–water partition coefficient (Wildman–Crippen LogP) is 6.00. The zero-order valence-electron chi connectivity index (χ0n) is 17.2. The molecule has 1 heterocycles. The minimum atomic E-state index is -0.901. The molecule has 1 N–H and O–H groups in total. The molecule has 1 aliphatic carbocycles. The molecular formula is C26H28O4. The van der Waals surface area contributed by atoms with E-state index in [9.17, 15) is 14.7 Å². The van der Waals surface area contributed by atoms with Gasteiger partial charge in [-0.3, -0.25) is 9.59 Å². The van der Waals surface area contributed by atoms with Gasteiger partial charge in [0.05, 0.1) is 5.92 Å². The van der Waals surface area contributed by atoms with Crippen LogP contribution in [0.5, 0.6) is 0 Å². The van der Waals surface area contributed by atoms with Crippen LogP contribution in [-0.2, 0) is 24.1 Å². The van der Waals surface area contributed by atoms with E-state index >= 15 is 0 Å². The number of carbonyl (C=O) groups excluding carboxylic acids is 1. The van der Waals surface area contributed by atoms with E-state index in [-0.39, 0.29) is 12.2 Å². The van der Waals surface area contributed by atoms with Crippen molar-refractivity contribution in [3.8, 4) is 0 Å². The molecular weight excluding hydrogens is 376 g/mol. The van der Waals surface area contributed by atoms with Crippen molar-refractivity contribution in [2.75, 3.05) is 0 Å². The predicted molar refractivity (Wildman–Crippen MR) is 117 cm³/mol. The third-order valence-corrected chi connectivity index (χ3v) is 6.17. The van der Waals surface area contributed by atoms with Crippen molar-refractivity contribution in [1.82, 2.24) is 0 Å². The largest absolute Gasteiger partial charge is 0.481 e. The van der Waals surface area contributed by atoms with Crippen LogP contribution in [0.4, 0.5) is 0 Å². The number of fused-ring (bicyclic) bond motifs is 3. The first-order valence-electron chi connectivity index (χ1n) is 11.0. The fourth-order valence-electron chi connectivity index (χ4n) is 4.47. The zero-order valence-corrected chi connectivity index (χ0v) is 17.2. The monoisotopic (exact) mass is 404 g/mol. The lowest BCUT2D eigenvalue weighted by atomic mass is 9.92. The highest BCUT2D eigenvalue weighted by Gasteiger charge is 2.23. The lowest BCUT2D eigenvalue weighted by Crippen LogP contribution is -2.18. The van der Waals surface area contributed by atoms with Crippen LogP contribution in [0.2, 0.25) is 0 Å². The summed E-state index contributed by atoms with van der Waals surface area (Å²) in [5.74, 6) is -0.639. The van der Waals surface area contributed by atoms with Crippen LogP contribution in [0.3, 0.4) is 0 Å². The highest BCUT2D eigenvalue weighted by molar-refractivity contribution is 6.01. The number of ketones is 1. The number of carboxylic acid groups (broad SMARTS) is 1. The number of Topliss-reactive ketones (excluding diaryl/α,β-unsaturated/α-hetero) is 1. The van der Waals surface area contributed by atoms with Crippen molar-refractivity contribution < 1.29 is 19.1 Å². The van der Waals surface area contributed by atoms with Gasteiger partial charge in [0.15, 0.2) is 5.78 Å². The number of furan rings is 1. The lowest BCUT2D eigenvalue weighted by Gasteiger charge is -2.12. The molecule has 4 heteroatoms. The minimum Gasteiger partial charge on any atom is -0.481 e. The smallest absolute Gasteiger partial charge is 0.306 e. The summed E-state index contributed by atoms with van der Waals surface area (Å²) in [5, 5.41) is 10.7. The number of aliphatic carboxylic acids is 1. The minimum absolute atomic E-state index is 0.0239. The molecule has 0 spiro atoms. The highest BCUT2D eigenvalue weighted by atomic mass is 16.4. The maximum absolute atomic E-state index is 12.8. The van der Waals surface area contributed by atoms with Crippen LogP contribution < -0.4 is 0 Å². The number of hydrogen-bond donors (Lipinski definition) is 1. The molecule has 156 valence electrons.